The van der Waals surface area contributed by atoms with Crippen molar-refractivity contribution in [2.24, 2.45) is 5.92 Å². The van der Waals surface area contributed by atoms with Crippen molar-refractivity contribution in [3.63, 3.8) is 0 Å². The van der Waals surface area contributed by atoms with Crippen LogP contribution in [0.3, 0.4) is 0 Å². The number of rotatable bonds is 8. The maximum absolute atomic E-state index is 5.55. The van der Waals surface area contributed by atoms with E-state index in [9.17, 15) is 0 Å². The van der Waals surface area contributed by atoms with Crippen molar-refractivity contribution in [2.75, 3.05) is 45.9 Å². The minimum absolute atomic E-state index is 0.885. The summed E-state index contributed by atoms with van der Waals surface area (Å²) in [6.07, 6.45) is 5.57. The number of likely N-dealkylation sites (tertiary alicyclic amines) is 1. The van der Waals surface area contributed by atoms with Crippen LogP contribution in [-0.4, -0.2) is 50.8 Å². The van der Waals surface area contributed by atoms with E-state index in [4.69, 9.17) is 4.74 Å². The van der Waals surface area contributed by atoms with Crippen molar-refractivity contribution in [1.29, 1.82) is 0 Å². The van der Waals surface area contributed by atoms with Crippen LogP contribution in [0.25, 0.3) is 0 Å². The molecule has 0 radical (unpaired) electrons. The van der Waals surface area contributed by atoms with Gasteiger partial charge in [0.25, 0.3) is 0 Å². The maximum atomic E-state index is 5.55. The zero-order chi connectivity index (χ0) is 10.3. The van der Waals surface area contributed by atoms with Crippen LogP contribution >= 0.6 is 0 Å². The lowest BCUT2D eigenvalue weighted by Gasteiger charge is -2.14. The first-order valence-electron chi connectivity index (χ1n) is 6.46. The molecule has 1 N–H and O–H groups in total. The summed E-state index contributed by atoms with van der Waals surface area (Å²) in [6.45, 7) is 7.83. The Hall–Kier alpha value is -0.120. The molecule has 1 heterocycles. The van der Waals surface area contributed by atoms with Crippen molar-refractivity contribution in [2.45, 2.75) is 25.7 Å². The second kappa shape index (κ2) is 6.46. The summed E-state index contributed by atoms with van der Waals surface area (Å²) in [6, 6.07) is 0. The normalized spacial score (nSPS) is 22.4. The SMILES string of the molecule is C1CCN(CCNCCOCC2CC2)C1. The predicted octanol–water partition coefficient (Wildman–Crippen LogP) is 1.10. The molecule has 0 spiro atoms. The Kier molecular flexibility index (Phi) is 4.90. The molecular formula is C12H24N2O. The zero-order valence-electron chi connectivity index (χ0n) is 9.71. The van der Waals surface area contributed by atoms with Crippen LogP contribution in [0.15, 0.2) is 0 Å². The summed E-state index contributed by atoms with van der Waals surface area (Å²) in [5.41, 5.74) is 0. The average Bonchev–Trinajstić information content (AvgIpc) is 2.92. The second-order valence-electron chi connectivity index (χ2n) is 4.82. The van der Waals surface area contributed by atoms with Gasteiger partial charge in [-0.2, -0.15) is 0 Å². The fraction of sp³-hybridized carbons (Fsp3) is 1.00. The van der Waals surface area contributed by atoms with E-state index in [1.165, 1.54) is 45.3 Å². The van der Waals surface area contributed by atoms with E-state index in [0.717, 1.165) is 32.2 Å². The van der Waals surface area contributed by atoms with Crippen molar-refractivity contribution in [3.05, 3.63) is 0 Å². The van der Waals surface area contributed by atoms with Gasteiger partial charge in [-0.05, 0) is 44.7 Å². The van der Waals surface area contributed by atoms with Crippen molar-refractivity contribution in [1.82, 2.24) is 10.2 Å². The molecule has 1 aliphatic carbocycles. The van der Waals surface area contributed by atoms with Crippen LogP contribution in [0, 0.1) is 5.92 Å². The van der Waals surface area contributed by atoms with Gasteiger partial charge in [0, 0.05) is 26.2 Å². The van der Waals surface area contributed by atoms with Gasteiger partial charge >= 0.3 is 0 Å². The Morgan fingerprint density at radius 1 is 1.13 bits per heavy atom. The van der Waals surface area contributed by atoms with Crippen LogP contribution in [0.5, 0.6) is 0 Å². The Morgan fingerprint density at radius 2 is 1.93 bits per heavy atom. The first kappa shape index (κ1) is 11.4. The van der Waals surface area contributed by atoms with Crippen LogP contribution in [0.2, 0.25) is 0 Å². The molecule has 1 aliphatic heterocycles. The first-order valence-corrected chi connectivity index (χ1v) is 6.46. The molecular weight excluding hydrogens is 188 g/mol. The van der Waals surface area contributed by atoms with Crippen LogP contribution in [-0.2, 0) is 4.74 Å². The minimum atomic E-state index is 0.885. The molecule has 0 amide bonds. The highest BCUT2D eigenvalue weighted by molar-refractivity contribution is 4.72. The van der Waals surface area contributed by atoms with Gasteiger partial charge in [-0.3, -0.25) is 0 Å². The lowest BCUT2D eigenvalue weighted by molar-refractivity contribution is 0.126. The lowest BCUT2D eigenvalue weighted by Crippen LogP contribution is -2.31. The van der Waals surface area contributed by atoms with Gasteiger partial charge in [0.05, 0.1) is 6.61 Å². The van der Waals surface area contributed by atoms with E-state index in [-0.39, 0.29) is 0 Å². The van der Waals surface area contributed by atoms with E-state index in [2.05, 4.69) is 10.2 Å². The monoisotopic (exact) mass is 212 g/mol. The van der Waals surface area contributed by atoms with Gasteiger partial charge < -0.3 is 15.0 Å². The highest BCUT2D eigenvalue weighted by Gasteiger charge is 2.20. The quantitative estimate of drug-likeness (QED) is 0.610. The zero-order valence-corrected chi connectivity index (χ0v) is 9.71. The molecule has 2 fully saturated rings. The van der Waals surface area contributed by atoms with Crippen molar-refractivity contribution >= 4 is 0 Å². The highest BCUT2D eigenvalue weighted by atomic mass is 16.5. The Balaban J connectivity index is 1.32. The minimum Gasteiger partial charge on any atom is -0.380 e. The standard InChI is InChI=1S/C12H24N2O/c1-2-8-14(7-1)9-5-13-6-10-15-11-12-3-4-12/h12-13H,1-11H2. The molecule has 0 aromatic carbocycles. The number of nitrogens with one attached hydrogen (secondary N) is 1. The highest BCUT2D eigenvalue weighted by Crippen LogP contribution is 2.28. The van der Waals surface area contributed by atoms with Crippen molar-refractivity contribution in [3.8, 4) is 0 Å². The van der Waals surface area contributed by atoms with Crippen LogP contribution in [0.4, 0.5) is 0 Å². The third-order valence-electron chi connectivity index (χ3n) is 3.28. The number of hydrogen-bond acceptors (Lipinski definition) is 3. The molecule has 2 rings (SSSR count). The molecule has 88 valence electrons. The Labute approximate surface area is 93.2 Å². The maximum Gasteiger partial charge on any atom is 0.0591 e. The molecule has 0 unspecified atom stereocenters. The fourth-order valence-electron chi connectivity index (χ4n) is 2.05. The van der Waals surface area contributed by atoms with Gasteiger partial charge in [0.1, 0.15) is 0 Å². The molecule has 3 heteroatoms. The second-order valence-corrected chi connectivity index (χ2v) is 4.82. The fourth-order valence-corrected chi connectivity index (χ4v) is 2.05. The molecule has 0 bridgehead atoms. The molecule has 2 aliphatic rings. The van der Waals surface area contributed by atoms with E-state index in [1.807, 2.05) is 0 Å². The summed E-state index contributed by atoms with van der Waals surface area (Å²) in [7, 11) is 0. The Bertz CT molecular complexity index is 165. The summed E-state index contributed by atoms with van der Waals surface area (Å²) < 4.78 is 5.55. The van der Waals surface area contributed by atoms with Gasteiger partial charge in [0.2, 0.25) is 0 Å². The van der Waals surface area contributed by atoms with Crippen molar-refractivity contribution < 1.29 is 4.74 Å². The third kappa shape index (κ3) is 4.96. The summed E-state index contributed by atoms with van der Waals surface area (Å²) >= 11 is 0. The van der Waals surface area contributed by atoms with Gasteiger partial charge in [-0.25, -0.2) is 0 Å². The smallest absolute Gasteiger partial charge is 0.0591 e. The molecule has 0 aromatic heterocycles. The lowest BCUT2D eigenvalue weighted by atomic mass is 10.4. The molecule has 15 heavy (non-hydrogen) atoms. The van der Waals surface area contributed by atoms with Gasteiger partial charge in [-0.15, -0.1) is 0 Å². The largest absolute Gasteiger partial charge is 0.380 e. The molecule has 1 saturated heterocycles. The Morgan fingerprint density at radius 3 is 2.67 bits per heavy atom. The predicted molar refractivity (Wildman–Crippen MR) is 62.1 cm³/mol. The van der Waals surface area contributed by atoms with E-state index in [0.29, 0.717) is 0 Å². The number of ether oxygens (including phenoxy) is 1. The average molecular weight is 212 g/mol. The van der Waals surface area contributed by atoms with Gasteiger partial charge in [-0.1, -0.05) is 0 Å². The van der Waals surface area contributed by atoms with Crippen LogP contribution in [0.1, 0.15) is 25.7 Å². The molecule has 3 nitrogen and oxygen atoms in total. The summed E-state index contributed by atoms with van der Waals surface area (Å²) in [4.78, 5) is 2.54. The molecule has 1 saturated carbocycles. The number of nitrogens with zero attached hydrogens (tertiary/aromatic N) is 1. The topological polar surface area (TPSA) is 24.5 Å². The molecule has 0 atom stereocenters. The molecule has 0 aromatic rings. The van der Waals surface area contributed by atoms with E-state index >= 15 is 0 Å². The summed E-state index contributed by atoms with van der Waals surface area (Å²) in [5, 5.41) is 3.44. The van der Waals surface area contributed by atoms with E-state index in [1.54, 1.807) is 0 Å². The van der Waals surface area contributed by atoms with Crippen LogP contribution < -0.4 is 5.32 Å². The van der Waals surface area contributed by atoms with Gasteiger partial charge in [0.15, 0.2) is 0 Å². The number of hydrogen-bond donors (Lipinski definition) is 1. The van der Waals surface area contributed by atoms with E-state index < -0.39 is 0 Å². The first-order chi connectivity index (χ1) is 7.45. The third-order valence-corrected chi connectivity index (χ3v) is 3.28. The summed E-state index contributed by atoms with van der Waals surface area (Å²) in [5.74, 6) is 0.898.